The first-order valence-electron chi connectivity index (χ1n) is 13.0. The molecule has 0 radical (unpaired) electrons. The van der Waals surface area contributed by atoms with Gasteiger partial charge in [0.2, 0.25) is 23.6 Å². The summed E-state index contributed by atoms with van der Waals surface area (Å²) in [5.74, 6) is -4.13. The van der Waals surface area contributed by atoms with E-state index in [9.17, 15) is 33.9 Å². The van der Waals surface area contributed by atoms with E-state index in [1.807, 2.05) is 0 Å². The van der Waals surface area contributed by atoms with Crippen molar-refractivity contribution in [3.63, 3.8) is 0 Å². The Hall–Kier alpha value is -4.75. The zero-order chi connectivity index (χ0) is 30.5. The Morgan fingerprint density at radius 2 is 1.56 bits per heavy atom. The van der Waals surface area contributed by atoms with E-state index >= 15 is 0 Å². The average molecular weight is 573 g/mol. The summed E-state index contributed by atoms with van der Waals surface area (Å²) in [5.41, 5.74) is 1.09. The normalized spacial score (nSPS) is 13.8. The Labute approximate surface area is 236 Å². The van der Waals surface area contributed by atoms with Crippen LogP contribution in [0.3, 0.4) is 0 Å². The highest BCUT2D eigenvalue weighted by Gasteiger charge is 2.32. The number of nitrogens with zero attached hydrogens (tertiary/aromatic N) is 1. The van der Waals surface area contributed by atoms with E-state index in [0.29, 0.717) is 17.5 Å². The third kappa shape index (κ3) is 11.1. The molecule has 0 spiro atoms. The number of hydrogen-bond donors (Lipinski definition) is 7. The molecule has 1 aromatic carbocycles. The molecule has 0 aliphatic rings. The number of aromatic amines is 1. The van der Waals surface area contributed by atoms with Crippen LogP contribution >= 0.6 is 0 Å². The van der Waals surface area contributed by atoms with E-state index in [1.54, 1.807) is 26.0 Å². The molecule has 0 saturated carbocycles. The molecule has 14 heteroatoms. The number of carbonyl (C=O) groups excluding carboxylic acids is 5. The van der Waals surface area contributed by atoms with Gasteiger partial charge in [-0.3, -0.25) is 24.0 Å². The smallest absolute Gasteiger partial charge is 0.305 e. The van der Waals surface area contributed by atoms with Gasteiger partial charge in [-0.2, -0.15) is 0 Å². The van der Waals surface area contributed by atoms with Crippen LogP contribution in [-0.2, 0) is 41.6 Å². The summed E-state index contributed by atoms with van der Waals surface area (Å²) >= 11 is 0. The second kappa shape index (κ2) is 15.7. The monoisotopic (exact) mass is 572 g/mol. The van der Waals surface area contributed by atoms with E-state index in [-0.39, 0.29) is 25.0 Å². The molecular formula is C27H36N6O8. The van der Waals surface area contributed by atoms with Crippen molar-refractivity contribution in [3.05, 3.63) is 48.0 Å². The molecule has 41 heavy (non-hydrogen) atoms. The van der Waals surface area contributed by atoms with E-state index in [0.717, 1.165) is 0 Å². The summed E-state index contributed by atoms with van der Waals surface area (Å²) in [5, 5.41) is 28.9. The number of nitrogens with one attached hydrogen (secondary N) is 5. The first-order valence-corrected chi connectivity index (χ1v) is 13.0. The number of aromatic nitrogens is 2. The van der Waals surface area contributed by atoms with Crippen molar-refractivity contribution in [1.82, 2.24) is 31.2 Å². The van der Waals surface area contributed by atoms with Gasteiger partial charge in [0.05, 0.1) is 18.4 Å². The Morgan fingerprint density at radius 3 is 2.10 bits per heavy atom. The summed E-state index contributed by atoms with van der Waals surface area (Å²) in [4.78, 5) is 80.5. The fourth-order valence-electron chi connectivity index (χ4n) is 4.02. The number of rotatable bonds is 16. The molecular weight excluding hydrogens is 536 g/mol. The Balaban J connectivity index is 2.22. The highest BCUT2D eigenvalue weighted by Crippen LogP contribution is 2.12. The van der Waals surface area contributed by atoms with Gasteiger partial charge in [-0.05, 0) is 23.6 Å². The largest absolute Gasteiger partial charge is 0.508 e. The number of imidazole rings is 1. The van der Waals surface area contributed by atoms with E-state index in [4.69, 9.17) is 5.11 Å². The maximum Gasteiger partial charge on any atom is 0.305 e. The van der Waals surface area contributed by atoms with Crippen molar-refractivity contribution in [2.75, 3.05) is 0 Å². The molecule has 1 aromatic heterocycles. The summed E-state index contributed by atoms with van der Waals surface area (Å²) in [6, 6.07) is 1.75. The molecule has 2 aromatic rings. The number of benzene rings is 1. The van der Waals surface area contributed by atoms with E-state index in [2.05, 4.69) is 31.2 Å². The fourth-order valence-corrected chi connectivity index (χ4v) is 4.02. The molecule has 4 atom stereocenters. The minimum absolute atomic E-state index is 0.0414. The SMILES string of the molecule is CC(=O)N[C@@H](Cc1ccc(O)cc1)C(=O)N[C@H](C(=O)N[C@@H](Cc1c[nH]cn1)C(=O)N[C@H](CC=O)CC(=O)O)C(C)C. The van der Waals surface area contributed by atoms with Gasteiger partial charge < -0.3 is 41.3 Å². The lowest BCUT2D eigenvalue weighted by molar-refractivity contribution is -0.138. The van der Waals surface area contributed by atoms with E-state index in [1.165, 1.54) is 31.6 Å². The molecule has 14 nitrogen and oxygen atoms in total. The van der Waals surface area contributed by atoms with Gasteiger partial charge in [0, 0.05) is 38.4 Å². The fraction of sp³-hybridized carbons (Fsp3) is 0.444. The Kier molecular flexibility index (Phi) is 12.5. The van der Waals surface area contributed by atoms with Crippen molar-refractivity contribution < 1.29 is 39.0 Å². The van der Waals surface area contributed by atoms with Crippen molar-refractivity contribution >= 4 is 35.9 Å². The van der Waals surface area contributed by atoms with Crippen molar-refractivity contribution in [3.8, 4) is 5.75 Å². The zero-order valence-corrected chi connectivity index (χ0v) is 23.0. The molecule has 0 aliphatic carbocycles. The highest BCUT2D eigenvalue weighted by atomic mass is 16.4. The maximum absolute atomic E-state index is 13.4. The quantitative estimate of drug-likeness (QED) is 0.130. The molecule has 0 bridgehead atoms. The lowest BCUT2D eigenvalue weighted by Crippen LogP contribution is -2.59. The summed E-state index contributed by atoms with van der Waals surface area (Å²) < 4.78 is 0. The minimum atomic E-state index is -1.21. The molecule has 4 amide bonds. The number of aldehydes is 1. The molecule has 0 aliphatic heterocycles. The standard InChI is InChI=1S/C27H36N6O8/c1-15(2)24(33-26(40)21(30-16(3)35)10-17-4-6-20(36)7-5-17)27(41)32-22(11-19-13-28-14-29-19)25(39)31-18(8-9-34)12-23(37)38/h4-7,9,13-15,18,21-22,24,36H,8,10-12H2,1-3H3,(H,28,29)(H,30,35)(H,31,39)(H,32,41)(H,33,40)(H,37,38)/t18-,21+,22+,24+/m1/s1. The highest BCUT2D eigenvalue weighted by molar-refractivity contribution is 5.94. The predicted octanol–water partition coefficient (Wildman–Crippen LogP) is -0.421. The van der Waals surface area contributed by atoms with Crippen LogP contribution in [0.5, 0.6) is 5.75 Å². The summed E-state index contributed by atoms with van der Waals surface area (Å²) in [6.07, 6.45) is 2.69. The molecule has 222 valence electrons. The summed E-state index contributed by atoms with van der Waals surface area (Å²) in [7, 11) is 0. The van der Waals surface area contributed by atoms with Gasteiger partial charge in [0.15, 0.2) is 0 Å². The number of carbonyl (C=O) groups is 6. The van der Waals surface area contributed by atoms with Crippen LogP contribution < -0.4 is 21.3 Å². The molecule has 0 saturated heterocycles. The predicted molar refractivity (Wildman–Crippen MR) is 145 cm³/mol. The number of carboxylic acids is 1. The number of hydrogen-bond acceptors (Lipinski definition) is 8. The third-order valence-electron chi connectivity index (χ3n) is 6.07. The third-order valence-corrected chi connectivity index (χ3v) is 6.07. The minimum Gasteiger partial charge on any atom is -0.508 e. The molecule has 0 unspecified atom stereocenters. The first-order chi connectivity index (χ1) is 19.4. The second-order valence-corrected chi connectivity index (χ2v) is 9.89. The summed E-state index contributed by atoms with van der Waals surface area (Å²) in [6.45, 7) is 4.63. The Morgan fingerprint density at radius 1 is 0.927 bits per heavy atom. The zero-order valence-electron chi connectivity index (χ0n) is 23.0. The van der Waals surface area contributed by atoms with Crippen molar-refractivity contribution in [2.24, 2.45) is 5.92 Å². The van der Waals surface area contributed by atoms with Gasteiger partial charge >= 0.3 is 5.97 Å². The lowest BCUT2D eigenvalue weighted by Gasteiger charge is -2.27. The van der Waals surface area contributed by atoms with Crippen molar-refractivity contribution in [2.45, 2.75) is 70.6 Å². The van der Waals surface area contributed by atoms with Crippen LogP contribution in [0.4, 0.5) is 0 Å². The molecule has 2 rings (SSSR count). The van der Waals surface area contributed by atoms with Crippen LogP contribution in [0.2, 0.25) is 0 Å². The number of phenolic OH excluding ortho intramolecular Hbond substituents is 1. The topological polar surface area (TPSA) is 220 Å². The number of aliphatic carboxylic acids is 1. The molecule has 1 heterocycles. The van der Waals surface area contributed by atoms with E-state index < -0.39 is 66.1 Å². The van der Waals surface area contributed by atoms with Crippen molar-refractivity contribution in [1.29, 1.82) is 0 Å². The first kappa shape index (κ1) is 32.5. The number of aromatic hydroxyl groups is 1. The number of H-pyrrole nitrogens is 1. The van der Waals surface area contributed by atoms with Crippen LogP contribution in [0, 0.1) is 5.92 Å². The number of phenols is 1. The van der Waals surface area contributed by atoms with Gasteiger partial charge in [-0.25, -0.2) is 4.98 Å². The second-order valence-electron chi connectivity index (χ2n) is 9.89. The molecule has 0 fully saturated rings. The van der Waals surface area contributed by atoms with Gasteiger partial charge in [0.1, 0.15) is 30.2 Å². The molecule has 7 N–H and O–H groups in total. The van der Waals surface area contributed by atoms with Gasteiger partial charge in [-0.1, -0.05) is 26.0 Å². The van der Waals surface area contributed by atoms with Gasteiger partial charge in [-0.15, -0.1) is 0 Å². The van der Waals surface area contributed by atoms with Crippen LogP contribution in [-0.4, -0.2) is 80.2 Å². The van der Waals surface area contributed by atoms with Crippen LogP contribution in [0.25, 0.3) is 0 Å². The Bertz CT molecular complexity index is 1200. The van der Waals surface area contributed by atoms with Gasteiger partial charge in [0.25, 0.3) is 0 Å². The van der Waals surface area contributed by atoms with Crippen LogP contribution in [0.15, 0.2) is 36.8 Å². The lowest BCUT2D eigenvalue weighted by atomic mass is 10.00. The average Bonchev–Trinajstić information content (AvgIpc) is 3.40. The number of carboxylic acid groups (broad SMARTS) is 1. The number of amides is 4. The van der Waals surface area contributed by atoms with Crippen LogP contribution in [0.1, 0.15) is 44.9 Å². The maximum atomic E-state index is 13.4.